The van der Waals surface area contributed by atoms with Gasteiger partial charge in [-0.25, -0.2) is 9.37 Å². The van der Waals surface area contributed by atoms with Gasteiger partial charge in [-0.05, 0) is 31.0 Å². The second-order valence-corrected chi connectivity index (χ2v) is 10.2. The monoisotopic (exact) mass is 216 g/mol. The highest BCUT2D eigenvalue weighted by atomic mass is 28.4. The van der Waals surface area contributed by atoms with Crippen LogP contribution < -0.4 is 0 Å². The van der Waals surface area contributed by atoms with Crippen LogP contribution in [-0.2, 0) is 14.3 Å². The van der Waals surface area contributed by atoms with Crippen molar-refractivity contribution >= 4 is 14.3 Å². The van der Waals surface area contributed by atoms with Gasteiger partial charge >= 0.3 is 5.97 Å². The van der Waals surface area contributed by atoms with E-state index in [2.05, 4.69) is 33.9 Å². The molecule has 3 nitrogen and oxygen atoms in total. The second-order valence-electron chi connectivity index (χ2n) is 5.52. The van der Waals surface area contributed by atoms with Crippen LogP contribution in [0.1, 0.15) is 33.6 Å². The highest BCUT2D eigenvalue weighted by Gasteiger charge is 2.41. The first-order valence-corrected chi connectivity index (χ1v) is 8.04. The van der Waals surface area contributed by atoms with E-state index in [0.29, 0.717) is 0 Å². The maximum Gasteiger partial charge on any atom is 0.343 e. The zero-order chi connectivity index (χ0) is 11.0. The van der Waals surface area contributed by atoms with E-state index >= 15 is 0 Å². The summed E-state index contributed by atoms with van der Waals surface area (Å²) in [5.74, 6) is -0.0745. The van der Waals surface area contributed by atoms with Crippen LogP contribution in [0.5, 0.6) is 0 Å². The standard InChI is InChI=1S/C10H20O3Si/c1-10(2,3)14(4,5)13-12-9(11)8-6-7-8/h8H,6-7H2,1-5H3. The number of hydrogen-bond donors (Lipinski definition) is 0. The van der Waals surface area contributed by atoms with Gasteiger partial charge in [-0.15, -0.1) is 0 Å². The number of carbonyl (C=O) groups excluding carboxylic acids is 1. The van der Waals surface area contributed by atoms with E-state index in [-0.39, 0.29) is 16.9 Å². The molecule has 0 aromatic heterocycles. The van der Waals surface area contributed by atoms with Gasteiger partial charge in [-0.3, -0.25) is 0 Å². The lowest BCUT2D eigenvalue weighted by Crippen LogP contribution is -2.41. The van der Waals surface area contributed by atoms with E-state index in [9.17, 15) is 4.79 Å². The van der Waals surface area contributed by atoms with Crippen molar-refractivity contribution in [1.82, 2.24) is 0 Å². The van der Waals surface area contributed by atoms with Gasteiger partial charge in [0.15, 0.2) is 0 Å². The lowest BCUT2D eigenvalue weighted by atomic mass is 10.2. The molecule has 0 N–H and O–H groups in total. The summed E-state index contributed by atoms with van der Waals surface area (Å²) in [5.41, 5.74) is 0. The van der Waals surface area contributed by atoms with E-state index in [1.807, 2.05) is 0 Å². The molecule has 1 fully saturated rings. The molecule has 1 saturated carbocycles. The number of hydrogen-bond acceptors (Lipinski definition) is 3. The molecule has 0 bridgehead atoms. The smallest absolute Gasteiger partial charge is 0.310 e. The Morgan fingerprint density at radius 1 is 1.29 bits per heavy atom. The van der Waals surface area contributed by atoms with Crippen LogP contribution in [0.3, 0.4) is 0 Å². The molecule has 0 aliphatic heterocycles. The Morgan fingerprint density at radius 2 is 1.79 bits per heavy atom. The fourth-order valence-electron chi connectivity index (χ4n) is 0.657. The largest absolute Gasteiger partial charge is 0.343 e. The van der Waals surface area contributed by atoms with Crippen molar-refractivity contribution in [3.63, 3.8) is 0 Å². The third-order valence-electron chi connectivity index (χ3n) is 3.05. The maximum absolute atomic E-state index is 11.3. The van der Waals surface area contributed by atoms with Gasteiger partial charge < -0.3 is 4.89 Å². The fraction of sp³-hybridized carbons (Fsp3) is 0.900. The molecule has 0 spiro atoms. The van der Waals surface area contributed by atoms with Crippen LogP contribution in [0.4, 0.5) is 0 Å². The van der Waals surface area contributed by atoms with Crippen LogP contribution in [0.2, 0.25) is 18.1 Å². The molecule has 1 aliphatic rings. The zero-order valence-electron chi connectivity index (χ0n) is 9.72. The van der Waals surface area contributed by atoms with Crippen molar-refractivity contribution in [2.45, 2.75) is 51.7 Å². The van der Waals surface area contributed by atoms with Gasteiger partial charge in [-0.1, -0.05) is 20.8 Å². The molecule has 0 unspecified atom stereocenters. The van der Waals surface area contributed by atoms with Crippen LogP contribution in [0.15, 0.2) is 0 Å². The van der Waals surface area contributed by atoms with Crippen molar-refractivity contribution < 1.29 is 14.3 Å². The summed E-state index contributed by atoms with van der Waals surface area (Å²) in [7, 11) is -1.93. The molecule has 82 valence electrons. The molecule has 14 heavy (non-hydrogen) atoms. The lowest BCUT2D eigenvalue weighted by molar-refractivity contribution is -0.223. The zero-order valence-corrected chi connectivity index (χ0v) is 10.7. The van der Waals surface area contributed by atoms with E-state index in [1.165, 1.54) is 0 Å². The van der Waals surface area contributed by atoms with Gasteiger partial charge in [0, 0.05) is 0 Å². The van der Waals surface area contributed by atoms with Crippen molar-refractivity contribution in [2.75, 3.05) is 0 Å². The predicted molar refractivity (Wildman–Crippen MR) is 57.1 cm³/mol. The van der Waals surface area contributed by atoms with Gasteiger partial charge in [0.1, 0.15) is 0 Å². The van der Waals surface area contributed by atoms with Gasteiger partial charge in [0.25, 0.3) is 8.32 Å². The quantitative estimate of drug-likeness (QED) is 0.413. The third kappa shape index (κ3) is 2.82. The first-order valence-electron chi connectivity index (χ1n) is 5.13. The van der Waals surface area contributed by atoms with E-state index in [4.69, 9.17) is 9.46 Å². The average Bonchev–Trinajstić information content (AvgIpc) is 2.80. The SMILES string of the molecule is CC(C)(C)[Si](C)(C)OOC(=O)C1CC1. The maximum atomic E-state index is 11.3. The molecule has 0 aromatic carbocycles. The van der Waals surface area contributed by atoms with E-state index in [0.717, 1.165) is 12.8 Å². The third-order valence-corrected chi connectivity index (χ3v) is 7.16. The Hall–Kier alpha value is -0.353. The van der Waals surface area contributed by atoms with Crippen LogP contribution in [0.25, 0.3) is 0 Å². The number of rotatable bonds is 3. The molecule has 0 atom stereocenters. The second kappa shape index (κ2) is 3.66. The predicted octanol–water partition coefficient (Wildman–Crippen LogP) is 2.88. The minimum atomic E-state index is -1.93. The molecule has 0 amide bonds. The molecule has 4 heteroatoms. The number of carbonyl (C=O) groups is 1. The van der Waals surface area contributed by atoms with Crippen LogP contribution >= 0.6 is 0 Å². The minimum Gasteiger partial charge on any atom is -0.310 e. The van der Waals surface area contributed by atoms with E-state index in [1.54, 1.807) is 0 Å². The van der Waals surface area contributed by atoms with Crippen molar-refractivity contribution in [3.05, 3.63) is 0 Å². The Labute approximate surface area is 86.8 Å². The summed E-state index contributed by atoms with van der Waals surface area (Å²) in [4.78, 5) is 16.1. The van der Waals surface area contributed by atoms with Gasteiger partial charge in [-0.2, -0.15) is 0 Å². The topological polar surface area (TPSA) is 35.5 Å². The highest BCUT2D eigenvalue weighted by molar-refractivity contribution is 6.73. The van der Waals surface area contributed by atoms with Crippen molar-refractivity contribution in [3.8, 4) is 0 Å². The van der Waals surface area contributed by atoms with Crippen LogP contribution in [0, 0.1) is 5.92 Å². The van der Waals surface area contributed by atoms with Gasteiger partial charge in [0.05, 0.1) is 5.92 Å². The molecule has 0 saturated heterocycles. The molecule has 0 radical (unpaired) electrons. The normalized spacial score (nSPS) is 18.1. The van der Waals surface area contributed by atoms with Crippen molar-refractivity contribution in [2.24, 2.45) is 5.92 Å². The first-order chi connectivity index (χ1) is 6.24. The van der Waals surface area contributed by atoms with Gasteiger partial charge in [0.2, 0.25) is 0 Å². The summed E-state index contributed by atoms with van der Waals surface area (Å²) in [6, 6.07) is 0. The fourth-order valence-corrected chi connectivity index (χ4v) is 1.20. The highest BCUT2D eigenvalue weighted by Crippen LogP contribution is 2.37. The molecular formula is C10H20O3Si. The first kappa shape index (κ1) is 11.7. The summed E-state index contributed by atoms with van der Waals surface area (Å²) >= 11 is 0. The lowest BCUT2D eigenvalue weighted by Gasteiger charge is -2.33. The molecular weight excluding hydrogens is 196 g/mol. The summed E-state index contributed by atoms with van der Waals surface area (Å²) in [6.45, 7) is 10.5. The summed E-state index contributed by atoms with van der Waals surface area (Å²) in [6.07, 6.45) is 1.92. The Kier molecular flexibility index (Phi) is 3.06. The molecule has 0 aromatic rings. The van der Waals surface area contributed by atoms with Crippen molar-refractivity contribution in [1.29, 1.82) is 0 Å². The average molecular weight is 216 g/mol. The molecule has 1 aliphatic carbocycles. The van der Waals surface area contributed by atoms with E-state index < -0.39 is 8.32 Å². The molecule has 1 rings (SSSR count). The van der Waals surface area contributed by atoms with Crippen LogP contribution in [-0.4, -0.2) is 14.3 Å². The summed E-state index contributed by atoms with van der Waals surface area (Å²) in [5, 5.41) is 0.0802. The Balaban J connectivity index is 2.39. The summed E-state index contributed by atoms with van der Waals surface area (Å²) < 4.78 is 5.35. The minimum absolute atomic E-state index is 0.0802. The molecule has 0 heterocycles. The Morgan fingerprint density at radius 3 is 2.14 bits per heavy atom. The Bertz CT molecular complexity index is 226.